The van der Waals surface area contributed by atoms with Crippen LogP contribution in [0.15, 0.2) is 30.5 Å². The van der Waals surface area contributed by atoms with Crippen LogP contribution in [0.3, 0.4) is 0 Å². The molecule has 214 valence electrons. The van der Waals surface area contributed by atoms with Gasteiger partial charge in [-0.15, -0.1) is 0 Å². The molecule has 1 aromatic carbocycles. The summed E-state index contributed by atoms with van der Waals surface area (Å²) < 4.78 is 0. The van der Waals surface area contributed by atoms with E-state index in [2.05, 4.69) is 20.9 Å². The molecular formula is C26H37N5O8. The molecule has 2 rings (SSSR count). The zero-order valence-corrected chi connectivity index (χ0v) is 22.1. The number of nitrogens with one attached hydrogen (secondary N) is 4. The van der Waals surface area contributed by atoms with Crippen LogP contribution < -0.4 is 21.7 Å². The van der Waals surface area contributed by atoms with Gasteiger partial charge in [0.1, 0.15) is 24.2 Å². The van der Waals surface area contributed by atoms with Crippen LogP contribution in [-0.2, 0) is 30.4 Å². The highest BCUT2D eigenvalue weighted by molar-refractivity contribution is 5.95. The van der Waals surface area contributed by atoms with Gasteiger partial charge in [0.05, 0.1) is 6.10 Å². The lowest BCUT2D eigenvalue weighted by atomic mass is 10.00. The van der Waals surface area contributed by atoms with Gasteiger partial charge in [0.15, 0.2) is 0 Å². The van der Waals surface area contributed by atoms with Gasteiger partial charge >= 0.3 is 11.9 Å². The summed E-state index contributed by atoms with van der Waals surface area (Å²) in [5.41, 5.74) is 7.17. The van der Waals surface area contributed by atoms with Crippen LogP contribution in [0.25, 0.3) is 10.9 Å². The number of carboxylic acids is 2. The summed E-state index contributed by atoms with van der Waals surface area (Å²) >= 11 is 0. The first kappa shape index (κ1) is 31.2. The minimum Gasteiger partial charge on any atom is -0.481 e. The highest BCUT2D eigenvalue weighted by atomic mass is 16.4. The monoisotopic (exact) mass is 547 g/mol. The third-order valence-electron chi connectivity index (χ3n) is 6.16. The maximum Gasteiger partial charge on any atom is 0.326 e. The number of hydrogen-bond acceptors (Lipinski definition) is 7. The predicted molar refractivity (Wildman–Crippen MR) is 141 cm³/mol. The lowest BCUT2D eigenvalue weighted by Gasteiger charge is -2.26. The summed E-state index contributed by atoms with van der Waals surface area (Å²) in [6, 6.07) is 2.16. The SMILES string of the molecule is CC(C)CC(NC(=O)C(N)C(C)O)C(=O)NC(Cc1c[nH]c2ccccc12)C(=O)NC(CCC(=O)O)C(=O)O. The van der Waals surface area contributed by atoms with E-state index in [1.807, 2.05) is 32.0 Å². The molecule has 0 fully saturated rings. The van der Waals surface area contributed by atoms with Gasteiger partial charge in [0, 0.05) is 29.9 Å². The second-order valence-corrected chi connectivity index (χ2v) is 9.91. The summed E-state index contributed by atoms with van der Waals surface area (Å²) in [6.45, 7) is 5.00. The third kappa shape index (κ3) is 9.37. The van der Waals surface area contributed by atoms with E-state index in [0.29, 0.717) is 5.56 Å². The predicted octanol–water partition coefficient (Wildman–Crippen LogP) is -0.132. The zero-order valence-electron chi connectivity index (χ0n) is 22.1. The summed E-state index contributed by atoms with van der Waals surface area (Å²) in [7, 11) is 0. The van der Waals surface area contributed by atoms with Gasteiger partial charge in [-0.3, -0.25) is 19.2 Å². The molecular weight excluding hydrogens is 510 g/mol. The number of rotatable bonds is 15. The Morgan fingerprint density at radius 1 is 0.897 bits per heavy atom. The fraction of sp³-hybridized carbons (Fsp3) is 0.500. The minimum atomic E-state index is -1.49. The molecule has 0 aliphatic rings. The van der Waals surface area contributed by atoms with Crippen molar-refractivity contribution in [2.24, 2.45) is 11.7 Å². The topological polar surface area (TPSA) is 224 Å². The van der Waals surface area contributed by atoms with Crippen LogP contribution >= 0.6 is 0 Å². The molecule has 0 saturated heterocycles. The molecule has 5 unspecified atom stereocenters. The van der Waals surface area contributed by atoms with Crippen LogP contribution in [0.5, 0.6) is 0 Å². The quantitative estimate of drug-likeness (QED) is 0.148. The number of carbonyl (C=O) groups is 5. The first-order valence-corrected chi connectivity index (χ1v) is 12.6. The molecule has 9 N–H and O–H groups in total. The number of carbonyl (C=O) groups excluding carboxylic acids is 3. The number of hydrogen-bond donors (Lipinski definition) is 8. The average molecular weight is 548 g/mol. The fourth-order valence-corrected chi connectivity index (χ4v) is 3.99. The summed E-state index contributed by atoms with van der Waals surface area (Å²) in [5.74, 6) is -4.96. The molecule has 39 heavy (non-hydrogen) atoms. The van der Waals surface area contributed by atoms with Crippen molar-refractivity contribution in [1.29, 1.82) is 0 Å². The second kappa shape index (κ2) is 14.3. The van der Waals surface area contributed by atoms with E-state index in [9.17, 15) is 34.2 Å². The molecule has 5 atom stereocenters. The number of fused-ring (bicyclic) bond motifs is 1. The van der Waals surface area contributed by atoms with Crippen molar-refractivity contribution >= 4 is 40.6 Å². The van der Waals surface area contributed by atoms with Gasteiger partial charge in [-0.05, 0) is 37.3 Å². The number of aliphatic carboxylic acids is 2. The summed E-state index contributed by atoms with van der Waals surface area (Å²) in [5, 5.41) is 36.3. The van der Waals surface area contributed by atoms with Crippen molar-refractivity contribution in [3.8, 4) is 0 Å². The van der Waals surface area contributed by atoms with Crippen LogP contribution in [0.2, 0.25) is 0 Å². The van der Waals surface area contributed by atoms with E-state index in [0.717, 1.165) is 10.9 Å². The van der Waals surface area contributed by atoms with E-state index in [4.69, 9.17) is 10.8 Å². The number of H-pyrrole nitrogens is 1. The summed E-state index contributed by atoms with van der Waals surface area (Å²) in [6.07, 6.45) is -0.155. The van der Waals surface area contributed by atoms with E-state index >= 15 is 0 Å². The maximum absolute atomic E-state index is 13.3. The zero-order chi connectivity index (χ0) is 29.3. The van der Waals surface area contributed by atoms with Crippen molar-refractivity contribution in [3.63, 3.8) is 0 Å². The molecule has 1 heterocycles. The van der Waals surface area contributed by atoms with Gasteiger partial charge in [0.25, 0.3) is 0 Å². The molecule has 13 nitrogen and oxygen atoms in total. The first-order chi connectivity index (χ1) is 18.3. The lowest BCUT2D eigenvalue weighted by molar-refractivity contribution is -0.143. The Kier molecular flexibility index (Phi) is 11.4. The number of aliphatic hydroxyl groups is 1. The van der Waals surface area contributed by atoms with Crippen LogP contribution in [0.1, 0.15) is 45.6 Å². The smallest absolute Gasteiger partial charge is 0.326 e. The molecule has 0 spiro atoms. The van der Waals surface area contributed by atoms with Crippen LogP contribution in [0.4, 0.5) is 0 Å². The first-order valence-electron chi connectivity index (χ1n) is 12.6. The number of carboxylic acid groups (broad SMARTS) is 2. The fourth-order valence-electron chi connectivity index (χ4n) is 3.99. The highest BCUT2D eigenvalue weighted by Crippen LogP contribution is 2.19. The molecule has 13 heteroatoms. The van der Waals surface area contributed by atoms with Gasteiger partial charge in [-0.2, -0.15) is 0 Å². The summed E-state index contributed by atoms with van der Waals surface area (Å²) in [4.78, 5) is 64.8. The van der Waals surface area contributed by atoms with Crippen LogP contribution in [0, 0.1) is 5.92 Å². The standard InChI is InChI=1S/C26H37N5O8/c1-13(2)10-19(31-25(37)22(27)14(3)32)23(35)30-20(11-15-12-28-17-7-5-4-6-16(15)17)24(36)29-18(26(38)39)8-9-21(33)34/h4-7,12-14,18-20,22,28,32H,8-11,27H2,1-3H3,(H,29,36)(H,30,35)(H,31,37)(H,33,34)(H,38,39). The number of aliphatic hydroxyl groups excluding tert-OH is 1. The number of nitrogens with two attached hydrogens (primary N) is 1. The molecule has 0 radical (unpaired) electrons. The van der Waals surface area contributed by atoms with Crippen molar-refractivity contribution in [1.82, 2.24) is 20.9 Å². The van der Waals surface area contributed by atoms with E-state index in [-0.39, 0.29) is 25.2 Å². The van der Waals surface area contributed by atoms with Crippen molar-refractivity contribution < 1.29 is 39.3 Å². The second-order valence-electron chi connectivity index (χ2n) is 9.91. The van der Waals surface area contributed by atoms with E-state index < -0.39 is 66.4 Å². The molecule has 0 bridgehead atoms. The Labute approximate surface area is 225 Å². The Bertz CT molecular complexity index is 1180. The number of benzene rings is 1. The third-order valence-corrected chi connectivity index (χ3v) is 6.16. The molecule has 2 aromatic rings. The Balaban J connectivity index is 2.33. The van der Waals surface area contributed by atoms with E-state index in [1.54, 1.807) is 12.3 Å². The van der Waals surface area contributed by atoms with Gasteiger partial charge in [-0.1, -0.05) is 32.0 Å². The van der Waals surface area contributed by atoms with Crippen molar-refractivity contribution in [2.75, 3.05) is 0 Å². The Hall–Kier alpha value is -3.97. The van der Waals surface area contributed by atoms with Crippen LogP contribution in [-0.4, -0.2) is 80.2 Å². The minimum absolute atomic E-state index is 0.0254. The number of amides is 3. The van der Waals surface area contributed by atoms with Gasteiger partial charge in [-0.25, -0.2) is 4.79 Å². The molecule has 0 aliphatic heterocycles. The molecule has 1 aromatic heterocycles. The largest absolute Gasteiger partial charge is 0.481 e. The van der Waals surface area contributed by atoms with E-state index in [1.165, 1.54) is 6.92 Å². The molecule has 0 aliphatic carbocycles. The lowest BCUT2D eigenvalue weighted by Crippen LogP contribution is -2.58. The molecule has 3 amide bonds. The number of para-hydroxylation sites is 1. The normalized spacial score (nSPS) is 15.1. The number of aromatic nitrogens is 1. The highest BCUT2D eigenvalue weighted by Gasteiger charge is 2.32. The van der Waals surface area contributed by atoms with Gasteiger partial charge in [0.2, 0.25) is 17.7 Å². The average Bonchev–Trinajstić information content (AvgIpc) is 3.27. The van der Waals surface area contributed by atoms with Crippen molar-refractivity contribution in [2.45, 2.75) is 76.7 Å². The molecule has 0 saturated carbocycles. The number of aromatic amines is 1. The van der Waals surface area contributed by atoms with Gasteiger partial charge < -0.3 is 42.0 Å². The Morgan fingerprint density at radius 2 is 1.49 bits per heavy atom. The maximum atomic E-state index is 13.3. The Morgan fingerprint density at radius 3 is 2.08 bits per heavy atom. The van der Waals surface area contributed by atoms with Crippen molar-refractivity contribution in [3.05, 3.63) is 36.0 Å².